The molecular formula is C10H10BF3O3. The van der Waals surface area contributed by atoms with Crippen molar-refractivity contribution in [3.63, 3.8) is 0 Å². The van der Waals surface area contributed by atoms with E-state index in [1.54, 1.807) is 12.1 Å². The van der Waals surface area contributed by atoms with Gasteiger partial charge in [-0.25, -0.2) is 4.39 Å². The maximum Gasteiger partial charge on any atom is 0.492 e. The molecule has 1 aromatic rings. The van der Waals surface area contributed by atoms with Gasteiger partial charge in [0.2, 0.25) is 0 Å². The Balaban J connectivity index is 2.61. The molecule has 0 amide bonds. The van der Waals surface area contributed by atoms with Crippen LogP contribution in [-0.2, 0) is 0 Å². The minimum Gasteiger partial charge on any atom is -0.494 e. The van der Waals surface area contributed by atoms with Crippen molar-refractivity contribution in [3.05, 3.63) is 36.2 Å². The number of hydrogen-bond donors (Lipinski definition) is 2. The number of para-hydroxylation sites is 1. The van der Waals surface area contributed by atoms with E-state index in [-0.39, 0.29) is 17.8 Å². The van der Waals surface area contributed by atoms with Crippen molar-refractivity contribution in [1.82, 2.24) is 0 Å². The normalized spacial score (nSPS) is 9.94. The number of halogens is 3. The van der Waals surface area contributed by atoms with Crippen LogP contribution in [0.3, 0.4) is 0 Å². The highest BCUT2D eigenvalue weighted by molar-refractivity contribution is 6.59. The molecule has 1 aromatic carbocycles. The summed E-state index contributed by atoms with van der Waals surface area (Å²) in [6, 6.07) is 5.97. The van der Waals surface area contributed by atoms with Crippen LogP contribution in [0.2, 0.25) is 0 Å². The molecule has 0 heterocycles. The van der Waals surface area contributed by atoms with Gasteiger partial charge in [0.05, 0.1) is 6.61 Å². The summed E-state index contributed by atoms with van der Waals surface area (Å²) in [6.07, 6.45) is -2.94. The van der Waals surface area contributed by atoms with Crippen LogP contribution in [0, 0.1) is 0 Å². The molecule has 17 heavy (non-hydrogen) atoms. The van der Waals surface area contributed by atoms with Crippen LogP contribution in [0.25, 0.3) is 0 Å². The first kappa shape index (κ1) is 13.6. The van der Waals surface area contributed by atoms with E-state index in [0.29, 0.717) is 0 Å². The summed E-state index contributed by atoms with van der Waals surface area (Å²) in [4.78, 5) is 0. The minimum atomic E-state index is -2.37. The average molecular weight is 246 g/mol. The lowest BCUT2D eigenvalue weighted by atomic mass is 9.79. The molecular weight excluding hydrogens is 236 g/mol. The largest absolute Gasteiger partial charge is 0.494 e. The van der Waals surface area contributed by atoms with E-state index in [9.17, 15) is 13.2 Å². The number of ether oxygens (including phenoxy) is 1. The van der Waals surface area contributed by atoms with E-state index in [1.807, 2.05) is 0 Å². The van der Waals surface area contributed by atoms with E-state index in [1.165, 1.54) is 12.1 Å². The fourth-order valence-electron chi connectivity index (χ4n) is 1.17. The zero-order valence-electron chi connectivity index (χ0n) is 8.74. The maximum absolute atomic E-state index is 12.4. The molecule has 0 fully saturated rings. The predicted octanol–water partition coefficient (Wildman–Crippen LogP) is 1.21. The summed E-state index contributed by atoms with van der Waals surface area (Å²) < 4.78 is 40.9. The topological polar surface area (TPSA) is 49.7 Å². The molecule has 0 atom stereocenters. The first-order chi connectivity index (χ1) is 8.02. The first-order valence-electron chi connectivity index (χ1n) is 4.80. The smallest absolute Gasteiger partial charge is 0.492 e. The lowest BCUT2D eigenvalue weighted by Crippen LogP contribution is -2.31. The average Bonchev–Trinajstić information content (AvgIpc) is 2.29. The minimum absolute atomic E-state index is 0.0950. The van der Waals surface area contributed by atoms with Gasteiger partial charge in [0.15, 0.2) is 5.83 Å². The third-order valence-electron chi connectivity index (χ3n) is 1.98. The maximum atomic E-state index is 12.4. The molecule has 0 spiro atoms. The summed E-state index contributed by atoms with van der Waals surface area (Å²) in [5.41, 5.74) is 0.0950. The van der Waals surface area contributed by atoms with E-state index >= 15 is 0 Å². The summed E-state index contributed by atoms with van der Waals surface area (Å²) in [7, 11) is -1.73. The monoisotopic (exact) mass is 246 g/mol. The lowest BCUT2D eigenvalue weighted by molar-refractivity contribution is 0.295. The molecule has 0 aliphatic heterocycles. The van der Waals surface area contributed by atoms with Crippen LogP contribution < -0.4 is 10.2 Å². The molecule has 92 valence electrons. The van der Waals surface area contributed by atoms with Crippen molar-refractivity contribution in [2.75, 3.05) is 6.61 Å². The van der Waals surface area contributed by atoms with Crippen molar-refractivity contribution in [2.24, 2.45) is 0 Å². The number of rotatable bonds is 5. The molecule has 0 aliphatic rings. The van der Waals surface area contributed by atoms with E-state index in [2.05, 4.69) is 0 Å². The van der Waals surface area contributed by atoms with Gasteiger partial charge >= 0.3 is 13.2 Å². The van der Waals surface area contributed by atoms with E-state index in [0.717, 1.165) is 0 Å². The van der Waals surface area contributed by atoms with Crippen LogP contribution in [0.5, 0.6) is 5.75 Å². The molecule has 7 heteroatoms. The Labute approximate surface area is 96.3 Å². The molecule has 0 radical (unpaired) electrons. The van der Waals surface area contributed by atoms with Gasteiger partial charge in [0, 0.05) is 11.9 Å². The van der Waals surface area contributed by atoms with Crippen LogP contribution in [0.4, 0.5) is 13.2 Å². The van der Waals surface area contributed by atoms with Gasteiger partial charge < -0.3 is 14.8 Å². The Morgan fingerprint density at radius 2 is 1.82 bits per heavy atom. The summed E-state index contributed by atoms with van der Waals surface area (Å²) in [5, 5.41) is 17.9. The van der Waals surface area contributed by atoms with Crippen molar-refractivity contribution in [2.45, 2.75) is 6.42 Å². The molecule has 0 aromatic heterocycles. The SMILES string of the molecule is OB(O)c1ccccc1OCCC(F)=C(F)F. The predicted molar refractivity (Wildman–Crippen MR) is 56.7 cm³/mol. The zero-order valence-corrected chi connectivity index (χ0v) is 8.74. The van der Waals surface area contributed by atoms with Crippen molar-refractivity contribution in [3.8, 4) is 5.75 Å². The molecule has 0 saturated carbocycles. The Bertz CT molecular complexity index is 406. The quantitative estimate of drug-likeness (QED) is 0.767. The highest BCUT2D eigenvalue weighted by Crippen LogP contribution is 2.14. The molecule has 0 aliphatic carbocycles. The number of hydrogen-bond acceptors (Lipinski definition) is 3. The number of benzene rings is 1. The van der Waals surface area contributed by atoms with Crippen molar-refractivity contribution >= 4 is 12.6 Å². The standard InChI is InChI=1S/C10H10BF3O3/c12-8(10(13)14)5-6-17-9-4-2-1-3-7(9)11(15)16/h1-4,15-16H,5-6H2. The molecule has 2 N–H and O–H groups in total. The molecule has 0 bridgehead atoms. The van der Waals surface area contributed by atoms with Crippen molar-refractivity contribution < 1.29 is 28.0 Å². The van der Waals surface area contributed by atoms with E-state index in [4.69, 9.17) is 14.8 Å². The first-order valence-corrected chi connectivity index (χ1v) is 4.80. The van der Waals surface area contributed by atoms with Gasteiger partial charge in [-0.15, -0.1) is 0 Å². The van der Waals surface area contributed by atoms with Gasteiger partial charge in [-0.3, -0.25) is 0 Å². The zero-order chi connectivity index (χ0) is 12.8. The Kier molecular flexibility index (Phi) is 5.05. The Morgan fingerprint density at radius 3 is 2.41 bits per heavy atom. The lowest BCUT2D eigenvalue weighted by Gasteiger charge is -2.09. The van der Waals surface area contributed by atoms with Crippen LogP contribution in [0.1, 0.15) is 6.42 Å². The van der Waals surface area contributed by atoms with Gasteiger partial charge in [-0.2, -0.15) is 8.78 Å². The molecule has 0 unspecified atom stereocenters. The highest BCUT2D eigenvalue weighted by Gasteiger charge is 2.16. The van der Waals surface area contributed by atoms with Crippen LogP contribution >= 0.6 is 0 Å². The van der Waals surface area contributed by atoms with Gasteiger partial charge in [-0.05, 0) is 6.07 Å². The fraction of sp³-hybridized carbons (Fsp3) is 0.200. The second-order valence-electron chi connectivity index (χ2n) is 3.18. The van der Waals surface area contributed by atoms with Gasteiger partial charge in [-0.1, -0.05) is 18.2 Å². The molecule has 3 nitrogen and oxygen atoms in total. The highest BCUT2D eigenvalue weighted by atomic mass is 19.3. The van der Waals surface area contributed by atoms with E-state index < -0.39 is 25.4 Å². The van der Waals surface area contributed by atoms with Gasteiger partial charge in [0.25, 0.3) is 0 Å². The Morgan fingerprint density at radius 1 is 1.18 bits per heavy atom. The Hall–Kier alpha value is -1.47. The second-order valence-corrected chi connectivity index (χ2v) is 3.18. The molecule has 1 rings (SSSR count). The summed E-state index contributed by atoms with van der Waals surface area (Å²) in [6.45, 7) is -0.313. The molecule has 0 saturated heterocycles. The van der Waals surface area contributed by atoms with Crippen molar-refractivity contribution in [1.29, 1.82) is 0 Å². The summed E-state index contributed by atoms with van der Waals surface area (Å²) in [5.74, 6) is -1.42. The second kappa shape index (κ2) is 6.31. The fourth-order valence-corrected chi connectivity index (χ4v) is 1.17. The van der Waals surface area contributed by atoms with Gasteiger partial charge in [0.1, 0.15) is 5.75 Å². The van der Waals surface area contributed by atoms with Crippen LogP contribution in [-0.4, -0.2) is 23.8 Å². The van der Waals surface area contributed by atoms with Crippen LogP contribution in [0.15, 0.2) is 36.2 Å². The summed E-state index contributed by atoms with van der Waals surface area (Å²) >= 11 is 0. The third kappa shape index (κ3) is 4.12. The third-order valence-corrected chi connectivity index (χ3v) is 1.98.